The molecule has 0 radical (unpaired) electrons. The second kappa shape index (κ2) is 7.49. The van der Waals surface area contributed by atoms with E-state index >= 15 is 0 Å². The van der Waals surface area contributed by atoms with E-state index in [1.807, 2.05) is 0 Å². The Kier molecular flexibility index (Phi) is 7.46. The predicted octanol–water partition coefficient (Wildman–Crippen LogP) is 3.23. The van der Waals surface area contributed by atoms with Gasteiger partial charge in [-0.3, -0.25) is 0 Å². The van der Waals surface area contributed by atoms with Crippen LogP contribution in [0.3, 0.4) is 0 Å². The smallest absolute Gasteiger partial charge is 0.0805 e. The number of hydrogen-bond donors (Lipinski definition) is 0. The van der Waals surface area contributed by atoms with E-state index in [1.54, 1.807) is 0 Å². The van der Waals surface area contributed by atoms with Gasteiger partial charge >= 0.3 is 0 Å². The lowest BCUT2D eigenvalue weighted by Crippen LogP contribution is -2.45. The fraction of sp³-hybridized carbons (Fsp3) is 1.00. The Balaban J connectivity index is 3.85. The summed E-state index contributed by atoms with van der Waals surface area (Å²) in [5, 5.41) is 0. The third-order valence-electron chi connectivity index (χ3n) is 3.50. The molecule has 0 aromatic carbocycles. The maximum Gasteiger partial charge on any atom is 0.0805 e. The fourth-order valence-electron chi connectivity index (χ4n) is 3.24. The van der Waals surface area contributed by atoms with Gasteiger partial charge in [-0.05, 0) is 0 Å². The van der Waals surface area contributed by atoms with Crippen LogP contribution in [0.25, 0.3) is 0 Å². The van der Waals surface area contributed by atoms with Crippen LogP contribution >= 0.6 is 0 Å². The van der Waals surface area contributed by atoms with Crippen molar-refractivity contribution in [3.05, 3.63) is 0 Å². The molecule has 0 aromatic heterocycles. The first-order valence-electron chi connectivity index (χ1n) is 7.68. The first-order valence-corrected chi connectivity index (χ1v) is 7.68. The van der Waals surface area contributed by atoms with Crippen molar-refractivity contribution in [3.8, 4) is 0 Å². The van der Waals surface area contributed by atoms with E-state index in [2.05, 4.69) is 55.9 Å². The van der Waals surface area contributed by atoms with E-state index in [0.717, 1.165) is 11.8 Å². The summed E-state index contributed by atoms with van der Waals surface area (Å²) >= 11 is 0. The number of hydrogen-bond acceptors (Lipinski definition) is 0. The van der Waals surface area contributed by atoms with Crippen LogP contribution in [0.15, 0.2) is 0 Å². The van der Waals surface area contributed by atoms with Gasteiger partial charge in [0.2, 0.25) is 0 Å². The Bertz CT molecular complexity index is 193. The maximum atomic E-state index is 2.37. The zero-order valence-corrected chi connectivity index (χ0v) is 14.3. The molecule has 0 saturated carbocycles. The minimum absolute atomic E-state index is 0.799. The zero-order valence-electron chi connectivity index (χ0n) is 14.3. The molecule has 18 heavy (non-hydrogen) atoms. The Labute approximate surface area is 116 Å². The van der Waals surface area contributed by atoms with Crippen LogP contribution in [0.1, 0.15) is 40.5 Å². The molecule has 0 heterocycles. The highest BCUT2D eigenvalue weighted by atomic mass is 15.3. The van der Waals surface area contributed by atoms with Crippen LogP contribution in [0.2, 0.25) is 0 Å². The van der Waals surface area contributed by atoms with Crippen molar-refractivity contribution in [2.75, 3.05) is 54.4 Å². The van der Waals surface area contributed by atoms with Gasteiger partial charge in [0.25, 0.3) is 0 Å². The number of unbranched alkanes of at least 4 members (excludes halogenated alkanes) is 1. The van der Waals surface area contributed by atoms with E-state index in [0.29, 0.717) is 0 Å². The molecule has 110 valence electrons. The van der Waals surface area contributed by atoms with Gasteiger partial charge in [0.15, 0.2) is 0 Å². The number of quaternary nitrogens is 2. The third-order valence-corrected chi connectivity index (χ3v) is 3.50. The van der Waals surface area contributed by atoms with Gasteiger partial charge in [0.1, 0.15) is 0 Å². The standard InChI is InChI=1S/C16H38N2/c1-15(2)13-17(5,6)11-9-10-12-18(7,8)14-16(3)4/h15-16H,9-14H2,1-8H3/q+2. The monoisotopic (exact) mass is 258 g/mol. The lowest BCUT2D eigenvalue weighted by atomic mass is 10.1. The average molecular weight is 258 g/mol. The van der Waals surface area contributed by atoms with Crippen molar-refractivity contribution in [3.63, 3.8) is 0 Å². The van der Waals surface area contributed by atoms with E-state index in [9.17, 15) is 0 Å². The fourth-order valence-corrected chi connectivity index (χ4v) is 3.24. The molecule has 0 aliphatic carbocycles. The van der Waals surface area contributed by atoms with Crippen LogP contribution in [0.4, 0.5) is 0 Å². The van der Waals surface area contributed by atoms with E-state index in [-0.39, 0.29) is 0 Å². The molecule has 0 unspecified atom stereocenters. The number of rotatable bonds is 9. The van der Waals surface area contributed by atoms with Crippen molar-refractivity contribution in [1.29, 1.82) is 0 Å². The molecular formula is C16H38N2+2. The number of nitrogens with zero attached hydrogens (tertiary/aromatic N) is 2. The highest BCUT2D eigenvalue weighted by Gasteiger charge is 2.19. The molecule has 0 N–H and O–H groups in total. The van der Waals surface area contributed by atoms with E-state index < -0.39 is 0 Å². The molecule has 0 aromatic rings. The summed E-state index contributed by atoms with van der Waals surface area (Å²) in [7, 11) is 9.48. The molecule has 2 heteroatoms. The van der Waals surface area contributed by atoms with Crippen LogP contribution in [-0.2, 0) is 0 Å². The van der Waals surface area contributed by atoms with Gasteiger partial charge in [-0.1, -0.05) is 27.7 Å². The lowest BCUT2D eigenvalue weighted by molar-refractivity contribution is -0.899. The minimum atomic E-state index is 0.799. The molecule has 2 nitrogen and oxygen atoms in total. The zero-order chi connectivity index (χ0) is 14.4. The quantitative estimate of drug-likeness (QED) is 0.440. The van der Waals surface area contributed by atoms with Crippen molar-refractivity contribution >= 4 is 0 Å². The Morgan fingerprint density at radius 2 is 0.889 bits per heavy atom. The molecule has 0 amide bonds. The molecular weight excluding hydrogens is 220 g/mol. The summed E-state index contributed by atoms with van der Waals surface area (Å²) in [5.74, 6) is 1.60. The maximum absolute atomic E-state index is 2.37. The highest BCUT2D eigenvalue weighted by Crippen LogP contribution is 2.10. The van der Waals surface area contributed by atoms with Crippen molar-refractivity contribution in [1.82, 2.24) is 0 Å². The third kappa shape index (κ3) is 9.90. The van der Waals surface area contributed by atoms with Gasteiger partial charge in [0, 0.05) is 24.7 Å². The molecule has 0 bridgehead atoms. The van der Waals surface area contributed by atoms with Gasteiger partial charge in [0.05, 0.1) is 54.4 Å². The van der Waals surface area contributed by atoms with Crippen molar-refractivity contribution in [2.45, 2.75) is 40.5 Å². The van der Waals surface area contributed by atoms with Crippen LogP contribution in [-0.4, -0.2) is 63.3 Å². The first kappa shape index (κ1) is 17.9. The van der Waals surface area contributed by atoms with Gasteiger partial charge in [-0.15, -0.1) is 0 Å². The van der Waals surface area contributed by atoms with Gasteiger partial charge in [-0.2, -0.15) is 0 Å². The van der Waals surface area contributed by atoms with Crippen molar-refractivity contribution < 1.29 is 8.97 Å². The van der Waals surface area contributed by atoms with Crippen LogP contribution in [0.5, 0.6) is 0 Å². The first-order chi connectivity index (χ1) is 8.04. The summed E-state index contributed by atoms with van der Waals surface area (Å²) in [6.45, 7) is 14.5. The Hall–Kier alpha value is -0.0800. The normalized spacial score (nSPS) is 13.7. The average Bonchev–Trinajstić information content (AvgIpc) is 2.08. The molecule has 0 aliphatic heterocycles. The summed E-state index contributed by atoms with van der Waals surface area (Å²) in [4.78, 5) is 0. The van der Waals surface area contributed by atoms with E-state index in [4.69, 9.17) is 0 Å². The molecule has 0 saturated heterocycles. The second-order valence-electron chi connectivity index (χ2n) is 8.18. The predicted molar refractivity (Wildman–Crippen MR) is 82.6 cm³/mol. The highest BCUT2D eigenvalue weighted by molar-refractivity contribution is 4.46. The van der Waals surface area contributed by atoms with Gasteiger partial charge < -0.3 is 8.97 Å². The topological polar surface area (TPSA) is 0 Å². The molecule has 0 atom stereocenters. The molecule has 0 spiro atoms. The van der Waals surface area contributed by atoms with Crippen molar-refractivity contribution in [2.24, 2.45) is 11.8 Å². The van der Waals surface area contributed by atoms with Gasteiger partial charge in [-0.25, -0.2) is 0 Å². The van der Waals surface area contributed by atoms with Crippen LogP contribution in [0, 0.1) is 11.8 Å². The summed E-state index contributed by atoms with van der Waals surface area (Å²) in [6, 6.07) is 0. The second-order valence-corrected chi connectivity index (χ2v) is 8.18. The lowest BCUT2D eigenvalue weighted by Gasteiger charge is -2.34. The molecule has 0 fully saturated rings. The summed E-state index contributed by atoms with van der Waals surface area (Å²) in [6.07, 6.45) is 2.72. The summed E-state index contributed by atoms with van der Waals surface area (Å²) in [5.41, 5.74) is 0. The largest absolute Gasteiger partial charge is 0.328 e. The Morgan fingerprint density at radius 1 is 0.611 bits per heavy atom. The minimum Gasteiger partial charge on any atom is -0.328 e. The van der Waals surface area contributed by atoms with E-state index in [1.165, 1.54) is 48.0 Å². The van der Waals surface area contributed by atoms with Crippen LogP contribution < -0.4 is 0 Å². The molecule has 0 aliphatic rings. The molecule has 0 rings (SSSR count). The SMILES string of the molecule is CC(C)C[N+](C)(C)CCCC[N+](C)(C)CC(C)C. The Morgan fingerprint density at radius 3 is 1.11 bits per heavy atom. The summed E-state index contributed by atoms with van der Waals surface area (Å²) < 4.78 is 2.35.